The molecule has 1 N–H and O–H groups in total. The average molecular weight is 445 g/mol. The minimum atomic E-state index is -4.95. The number of fused-ring (bicyclic) bond motifs is 1. The molecular formula is C20H17ClF4N2O3. The minimum absolute atomic E-state index is 0.120. The lowest BCUT2D eigenvalue weighted by Gasteiger charge is -2.23. The second-order valence-electron chi connectivity index (χ2n) is 6.83. The van der Waals surface area contributed by atoms with Gasteiger partial charge in [-0.1, -0.05) is 11.6 Å². The van der Waals surface area contributed by atoms with Crippen LogP contribution in [0.15, 0.2) is 30.3 Å². The van der Waals surface area contributed by atoms with E-state index in [0.717, 1.165) is 6.07 Å². The first kappa shape index (κ1) is 22.0. The smallest absolute Gasteiger partial charge is 0.383 e. The largest absolute Gasteiger partial charge is 0.419 e. The summed E-state index contributed by atoms with van der Waals surface area (Å²) in [5.74, 6) is -2.67. The quantitative estimate of drug-likeness (QED) is 0.678. The summed E-state index contributed by atoms with van der Waals surface area (Å²) in [6.07, 6.45) is -4.95. The van der Waals surface area contributed by atoms with E-state index in [1.54, 1.807) is 11.8 Å². The Hall–Kier alpha value is -2.65. The number of halogens is 5. The fourth-order valence-electron chi connectivity index (χ4n) is 3.27. The molecule has 1 aliphatic rings. The van der Waals surface area contributed by atoms with Crippen LogP contribution in [-0.2, 0) is 17.5 Å². The predicted octanol–water partition coefficient (Wildman–Crippen LogP) is 4.74. The van der Waals surface area contributed by atoms with Crippen molar-refractivity contribution in [2.24, 2.45) is 0 Å². The molecule has 5 nitrogen and oxygen atoms in total. The molecular weight excluding hydrogens is 428 g/mol. The third-order valence-corrected chi connectivity index (χ3v) is 5.11. The molecule has 160 valence electrons. The zero-order chi connectivity index (χ0) is 22.2. The zero-order valence-corrected chi connectivity index (χ0v) is 16.7. The highest BCUT2D eigenvalue weighted by atomic mass is 35.5. The maximum Gasteiger partial charge on any atom is 0.419 e. The lowest BCUT2D eigenvalue weighted by Crippen LogP contribution is -2.36. The summed E-state index contributed by atoms with van der Waals surface area (Å²) in [6.45, 7) is 2.24. The lowest BCUT2D eigenvalue weighted by atomic mass is 10.1. The van der Waals surface area contributed by atoms with Gasteiger partial charge < -0.3 is 15.0 Å². The normalized spacial score (nSPS) is 14.6. The van der Waals surface area contributed by atoms with Crippen LogP contribution in [-0.4, -0.2) is 36.5 Å². The van der Waals surface area contributed by atoms with Crippen LogP contribution in [0.25, 0.3) is 0 Å². The molecule has 0 fully saturated rings. The monoisotopic (exact) mass is 444 g/mol. The number of benzene rings is 2. The van der Waals surface area contributed by atoms with E-state index in [2.05, 4.69) is 5.32 Å². The highest BCUT2D eigenvalue weighted by Gasteiger charge is 2.36. The number of methoxy groups -OCH3 is 1. The van der Waals surface area contributed by atoms with Gasteiger partial charge in [-0.3, -0.25) is 9.59 Å². The maximum atomic E-state index is 13.5. The molecule has 2 amide bonds. The van der Waals surface area contributed by atoms with E-state index in [4.69, 9.17) is 16.3 Å². The first-order valence-corrected chi connectivity index (χ1v) is 9.21. The van der Waals surface area contributed by atoms with Crippen LogP contribution < -0.4 is 5.32 Å². The number of rotatable bonds is 5. The Kier molecular flexibility index (Phi) is 6.05. The summed E-state index contributed by atoms with van der Waals surface area (Å²) in [7, 11) is 1.50. The average Bonchev–Trinajstić information content (AvgIpc) is 3.00. The molecule has 1 heterocycles. The van der Waals surface area contributed by atoms with Crippen molar-refractivity contribution < 1.29 is 31.9 Å². The van der Waals surface area contributed by atoms with Crippen LogP contribution in [0, 0.1) is 5.82 Å². The summed E-state index contributed by atoms with van der Waals surface area (Å²) in [5, 5.41) is 2.59. The Morgan fingerprint density at radius 2 is 2.00 bits per heavy atom. The van der Waals surface area contributed by atoms with E-state index < -0.39 is 29.0 Å². The molecule has 1 unspecified atom stereocenters. The van der Waals surface area contributed by atoms with Gasteiger partial charge in [0.05, 0.1) is 28.9 Å². The Bertz CT molecular complexity index is 1010. The van der Waals surface area contributed by atoms with Crippen molar-refractivity contribution in [3.8, 4) is 0 Å². The zero-order valence-electron chi connectivity index (χ0n) is 15.9. The van der Waals surface area contributed by atoms with Gasteiger partial charge in [-0.2, -0.15) is 13.2 Å². The lowest BCUT2D eigenvalue weighted by molar-refractivity contribution is -0.140. The van der Waals surface area contributed by atoms with E-state index >= 15 is 0 Å². The van der Waals surface area contributed by atoms with Crippen molar-refractivity contribution in [3.63, 3.8) is 0 Å². The Balaban J connectivity index is 1.93. The van der Waals surface area contributed by atoms with Crippen LogP contribution in [0.5, 0.6) is 0 Å². The molecule has 0 bridgehead atoms. The summed E-state index contributed by atoms with van der Waals surface area (Å²) in [6, 6.07) is 4.64. The molecule has 30 heavy (non-hydrogen) atoms. The molecule has 2 aromatic carbocycles. The van der Waals surface area contributed by atoms with E-state index in [-0.39, 0.29) is 29.2 Å². The maximum absolute atomic E-state index is 13.5. The van der Waals surface area contributed by atoms with Crippen molar-refractivity contribution in [3.05, 3.63) is 63.4 Å². The highest BCUT2D eigenvalue weighted by molar-refractivity contribution is 6.34. The first-order valence-electron chi connectivity index (χ1n) is 8.84. The van der Waals surface area contributed by atoms with Gasteiger partial charge >= 0.3 is 6.18 Å². The summed E-state index contributed by atoms with van der Waals surface area (Å²) < 4.78 is 57.4. The molecule has 0 aromatic heterocycles. The van der Waals surface area contributed by atoms with Gasteiger partial charge in [0.1, 0.15) is 5.82 Å². The predicted molar refractivity (Wildman–Crippen MR) is 102 cm³/mol. The standard InChI is InChI=1S/C20H17ClF4N2O3/c1-10(9-30-2)27-8-13-12(19(27)29)4-5-15(21)17(13)26-18(28)11-3-6-16(22)14(7-11)20(23,24)25/h3-7,10H,8-9H2,1-2H3,(H,26,28). The van der Waals surface area contributed by atoms with Crippen molar-refractivity contribution in [2.45, 2.75) is 25.7 Å². The molecule has 3 rings (SSSR count). The molecule has 0 aliphatic carbocycles. The number of nitrogens with one attached hydrogen (secondary N) is 1. The Labute approximate surface area is 174 Å². The number of carbonyl (C=O) groups excluding carboxylic acids is 2. The fourth-order valence-corrected chi connectivity index (χ4v) is 3.50. The van der Waals surface area contributed by atoms with Crippen LogP contribution in [0.4, 0.5) is 23.2 Å². The van der Waals surface area contributed by atoms with Gasteiger partial charge in [-0.15, -0.1) is 0 Å². The van der Waals surface area contributed by atoms with Crippen molar-refractivity contribution in [1.82, 2.24) is 4.90 Å². The molecule has 0 saturated carbocycles. The van der Waals surface area contributed by atoms with E-state index in [0.29, 0.717) is 29.9 Å². The van der Waals surface area contributed by atoms with E-state index in [1.807, 2.05) is 0 Å². The Morgan fingerprint density at radius 3 is 2.63 bits per heavy atom. The molecule has 0 radical (unpaired) electrons. The number of hydrogen-bond donors (Lipinski definition) is 1. The number of amides is 2. The summed E-state index contributed by atoms with van der Waals surface area (Å²) in [5.41, 5.74) is -1.05. The molecule has 1 atom stereocenters. The molecule has 2 aromatic rings. The fraction of sp³-hybridized carbons (Fsp3) is 0.300. The van der Waals surface area contributed by atoms with Crippen molar-refractivity contribution in [1.29, 1.82) is 0 Å². The summed E-state index contributed by atoms with van der Waals surface area (Å²) >= 11 is 6.20. The van der Waals surface area contributed by atoms with Gasteiger partial charge in [0.2, 0.25) is 0 Å². The number of hydrogen-bond acceptors (Lipinski definition) is 3. The Morgan fingerprint density at radius 1 is 1.30 bits per heavy atom. The van der Waals surface area contributed by atoms with Crippen molar-refractivity contribution >= 4 is 29.1 Å². The number of ether oxygens (including phenoxy) is 1. The number of nitrogens with zero attached hydrogens (tertiary/aromatic N) is 1. The highest BCUT2D eigenvalue weighted by Crippen LogP contribution is 2.37. The van der Waals surface area contributed by atoms with E-state index in [9.17, 15) is 27.2 Å². The third kappa shape index (κ3) is 4.13. The molecule has 1 aliphatic heterocycles. The summed E-state index contributed by atoms with van der Waals surface area (Å²) in [4.78, 5) is 26.8. The number of anilines is 1. The van der Waals surface area contributed by atoms with Gasteiger partial charge in [-0.25, -0.2) is 4.39 Å². The van der Waals surface area contributed by atoms with Crippen molar-refractivity contribution in [2.75, 3.05) is 19.0 Å². The van der Waals surface area contributed by atoms with Crippen LogP contribution in [0.2, 0.25) is 5.02 Å². The second-order valence-corrected chi connectivity index (χ2v) is 7.24. The number of carbonyl (C=O) groups is 2. The van der Waals surface area contributed by atoms with Crippen LogP contribution in [0.1, 0.15) is 38.8 Å². The molecule has 0 saturated heterocycles. The first-order chi connectivity index (χ1) is 14.0. The van der Waals surface area contributed by atoms with Crippen LogP contribution in [0.3, 0.4) is 0 Å². The second kappa shape index (κ2) is 8.23. The van der Waals surface area contributed by atoms with Gasteiger partial charge in [0, 0.05) is 30.3 Å². The van der Waals surface area contributed by atoms with Gasteiger partial charge in [0.25, 0.3) is 11.8 Å². The van der Waals surface area contributed by atoms with Gasteiger partial charge in [-0.05, 0) is 37.3 Å². The number of alkyl halides is 3. The van der Waals surface area contributed by atoms with Crippen LogP contribution >= 0.6 is 11.6 Å². The minimum Gasteiger partial charge on any atom is -0.383 e. The topological polar surface area (TPSA) is 58.6 Å². The van der Waals surface area contributed by atoms with Gasteiger partial charge in [0.15, 0.2) is 0 Å². The SMILES string of the molecule is COCC(C)N1Cc2c(ccc(Cl)c2NC(=O)c2ccc(F)c(C(F)(F)F)c2)C1=O. The molecule has 10 heteroatoms. The van der Waals surface area contributed by atoms with E-state index in [1.165, 1.54) is 19.2 Å². The molecule has 0 spiro atoms. The third-order valence-electron chi connectivity index (χ3n) is 4.79.